The van der Waals surface area contributed by atoms with E-state index in [1.807, 2.05) is 29.6 Å². The lowest BCUT2D eigenvalue weighted by Gasteiger charge is -2.09. The van der Waals surface area contributed by atoms with Crippen LogP contribution >= 0.6 is 11.3 Å². The Bertz CT molecular complexity index is 1000. The van der Waals surface area contributed by atoms with Crippen LogP contribution in [0.15, 0.2) is 58.8 Å². The van der Waals surface area contributed by atoms with Crippen molar-refractivity contribution in [3.05, 3.63) is 59.5 Å². The first-order valence-corrected chi connectivity index (χ1v) is 10.4. The van der Waals surface area contributed by atoms with Gasteiger partial charge in [0.2, 0.25) is 5.91 Å². The standard InChI is InChI=1S/C19H19NO3S2/c1-13(2)25(22,23)17-6-3-14(4-7-17)11-19(21)20-16-5-8-18-15(12-16)9-10-24-18/h3-10,12-13H,11H2,1-2H3,(H,20,21). The smallest absolute Gasteiger partial charge is 0.228 e. The largest absolute Gasteiger partial charge is 0.326 e. The fourth-order valence-electron chi connectivity index (χ4n) is 2.50. The minimum atomic E-state index is -3.29. The summed E-state index contributed by atoms with van der Waals surface area (Å²) in [5.41, 5.74) is 1.53. The van der Waals surface area contributed by atoms with Crippen LogP contribution in [0.4, 0.5) is 5.69 Å². The Morgan fingerprint density at radius 3 is 2.48 bits per heavy atom. The SMILES string of the molecule is CC(C)S(=O)(=O)c1ccc(CC(=O)Nc2ccc3sccc3c2)cc1. The number of amides is 1. The molecule has 0 aliphatic heterocycles. The summed E-state index contributed by atoms with van der Waals surface area (Å²) in [6.07, 6.45) is 0.198. The molecule has 0 aliphatic rings. The molecule has 1 N–H and O–H groups in total. The van der Waals surface area contributed by atoms with E-state index in [1.54, 1.807) is 49.4 Å². The average molecular weight is 373 g/mol. The van der Waals surface area contributed by atoms with Gasteiger partial charge >= 0.3 is 0 Å². The molecule has 0 fully saturated rings. The lowest BCUT2D eigenvalue weighted by Crippen LogP contribution is -2.15. The highest BCUT2D eigenvalue weighted by atomic mass is 32.2. The van der Waals surface area contributed by atoms with Gasteiger partial charge in [-0.15, -0.1) is 11.3 Å². The molecule has 0 unspecified atom stereocenters. The molecule has 3 aromatic rings. The molecule has 4 nitrogen and oxygen atoms in total. The molecule has 1 aromatic heterocycles. The summed E-state index contributed by atoms with van der Waals surface area (Å²) in [7, 11) is -3.29. The molecule has 0 saturated carbocycles. The van der Waals surface area contributed by atoms with Crippen LogP contribution in [0.1, 0.15) is 19.4 Å². The minimum absolute atomic E-state index is 0.131. The maximum Gasteiger partial charge on any atom is 0.228 e. The summed E-state index contributed by atoms with van der Waals surface area (Å²) in [5.74, 6) is -0.131. The second-order valence-corrected chi connectivity index (χ2v) is 9.59. The lowest BCUT2D eigenvalue weighted by molar-refractivity contribution is -0.115. The van der Waals surface area contributed by atoms with Gasteiger partial charge < -0.3 is 5.32 Å². The zero-order chi connectivity index (χ0) is 18.0. The first-order valence-electron chi connectivity index (χ1n) is 7.96. The third-order valence-electron chi connectivity index (χ3n) is 3.97. The van der Waals surface area contributed by atoms with Crippen LogP contribution in [-0.2, 0) is 21.1 Å². The van der Waals surface area contributed by atoms with E-state index in [1.165, 1.54) is 4.70 Å². The Labute approximate surface area is 151 Å². The second kappa shape index (κ2) is 6.98. The highest BCUT2D eigenvalue weighted by Gasteiger charge is 2.18. The molecule has 1 amide bonds. The monoisotopic (exact) mass is 373 g/mol. The van der Waals surface area contributed by atoms with Gasteiger partial charge in [-0.3, -0.25) is 4.79 Å². The fourth-order valence-corrected chi connectivity index (χ4v) is 4.33. The fraction of sp³-hybridized carbons (Fsp3) is 0.211. The predicted molar refractivity (Wildman–Crippen MR) is 103 cm³/mol. The van der Waals surface area contributed by atoms with Gasteiger partial charge in [-0.05, 0) is 66.6 Å². The van der Waals surface area contributed by atoms with Crippen molar-refractivity contribution in [2.75, 3.05) is 5.32 Å². The van der Waals surface area contributed by atoms with Gasteiger partial charge in [-0.1, -0.05) is 12.1 Å². The predicted octanol–water partition coefficient (Wildman–Crippen LogP) is 4.26. The second-order valence-electron chi connectivity index (χ2n) is 6.14. The zero-order valence-corrected chi connectivity index (χ0v) is 15.7. The van der Waals surface area contributed by atoms with E-state index in [4.69, 9.17) is 0 Å². The number of sulfone groups is 1. The first kappa shape index (κ1) is 17.6. The lowest BCUT2D eigenvalue weighted by atomic mass is 10.1. The van der Waals surface area contributed by atoms with Crippen molar-refractivity contribution in [3.8, 4) is 0 Å². The summed E-state index contributed by atoms with van der Waals surface area (Å²) < 4.78 is 25.4. The summed E-state index contributed by atoms with van der Waals surface area (Å²) in [6, 6.07) is 14.3. The van der Waals surface area contributed by atoms with Crippen molar-refractivity contribution in [1.82, 2.24) is 0 Å². The van der Waals surface area contributed by atoms with Crippen molar-refractivity contribution in [3.63, 3.8) is 0 Å². The van der Waals surface area contributed by atoms with Gasteiger partial charge in [0.05, 0.1) is 16.6 Å². The van der Waals surface area contributed by atoms with E-state index in [9.17, 15) is 13.2 Å². The van der Waals surface area contributed by atoms with Crippen molar-refractivity contribution < 1.29 is 13.2 Å². The molecule has 0 saturated heterocycles. The normalized spacial score (nSPS) is 11.8. The van der Waals surface area contributed by atoms with E-state index in [0.717, 1.165) is 16.6 Å². The van der Waals surface area contributed by atoms with E-state index in [-0.39, 0.29) is 17.2 Å². The van der Waals surface area contributed by atoms with Gasteiger partial charge in [-0.2, -0.15) is 0 Å². The zero-order valence-electron chi connectivity index (χ0n) is 14.0. The van der Waals surface area contributed by atoms with Crippen LogP contribution in [0.5, 0.6) is 0 Å². The van der Waals surface area contributed by atoms with Crippen molar-refractivity contribution >= 4 is 42.9 Å². The molecule has 0 spiro atoms. The molecule has 2 aromatic carbocycles. The Morgan fingerprint density at radius 1 is 1.08 bits per heavy atom. The van der Waals surface area contributed by atoms with Gasteiger partial charge in [0.1, 0.15) is 0 Å². The number of thiophene rings is 1. The molecule has 130 valence electrons. The Morgan fingerprint density at radius 2 is 1.80 bits per heavy atom. The highest BCUT2D eigenvalue weighted by Crippen LogP contribution is 2.24. The van der Waals surface area contributed by atoms with E-state index in [0.29, 0.717) is 0 Å². The van der Waals surface area contributed by atoms with Crippen LogP contribution in [0.3, 0.4) is 0 Å². The Kier molecular flexibility index (Phi) is 4.92. The van der Waals surface area contributed by atoms with Crippen LogP contribution in [0, 0.1) is 0 Å². The van der Waals surface area contributed by atoms with Crippen LogP contribution in [0.25, 0.3) is 10.1 Å². The third kappa shape index (κ3) is 3.91. The van der Waals surface area contributed by atoms with Crippen molar-refractivity contribution in [2.45, 2.75) is 30.4 Å². The topological polar surface area (TPSA) is 63.2 Å². The number of benzene rings is 2. The van der Waals surface area contributed by atoms with E-state index in [2.05, 4.69) is 5.32 Å². The molecule has 0 radical (unpaired) electrons. The number of hydrogen-bond acceptors (Lipinski definition) is 4. The molecule has 6 heteroatoms. The van der Waals surface area contributed by atoms with Gasteiger partial charge in [0.15, 0.2) is 9.84 Å². The molecule has 1 heterocycles. The van der Waals surface area contributed by atoms with Crippen LogP contribution in [0.2, 0.25) is 0 Å². The molecule has 0 aliphatic carbocycles. The van der Waals surface area contributed by atoms with Gasteiger partial charge in [0, 0.05) is 10.4 Å². The van der Waals surface area contributed by atoms with Crippen molar-refractivity contribution in [1.29, 1.82) is 0 Å². The van der Waals surface area contributed by atoms with Crippen LogP contribution < -0.4 is 5.32 Å². The third-order valence-corrected chi connectivity index (χ3v) is 7.04. The summed E-state index contributed by atoms with van der Waals surface area (Å²) in [5, 5.41) is 5.54. The number of fused-ring (bicyclic) bond motifs is 1. The van der Waals surface area contributed by atoms with E-state index >= 15 is 0 Å². The summed E-state index contributed by atoms with van der Waals surface area (Å²) in [4.78, 5) is 12.5. The minimum Gasteiger partial charge on any atom is -0.326 e. The average Bonchev–Trinajstić information content (AvgIpc) is 3.02. The van der Waals surface area contributed by atoms with E-state index < -0.39 is 15.1 Å². The number of hydrogen-bond donors (Lipinski definition) is 1. The summed E-state index contributed by atoms with van der Waals surface area (Å²) >= 11 is 1.66. The molecular weight excluding hydrogens is 354 g/mol. The number of anilines is 1. The number of carbonyl (C=O) groups excluding carboxylic acids is 1. The molecule has 0 atom stereocenters. The maximum atomic E-state index is 12.2. The number of carbonyl (C=O) groups is 1. The molecule has 0 bridgehead atoms. The molecular formula is C19H19NO3S2. The summed E-state index contributed by atoms with van der Waals surface area (Å²) in [6.45, 7) is 3.31. The molecule has 25 heavy (non-hydrogen) atoms. The molecule has 3 rings (SSSR count). The Hall–Kier alpha value is -2.18. The number of nitrogens with one attached hydrogen (secondary N) is 1. The van der Waals surface area contributed by atoms with Crippen molar-refractivity contribution in [2.24, 2.45) is 0 Å². The quantitative estimate of drug-likeness (QED) is 0.727. The number of rotatable bonds is 5. The van der Waals surface area contributed by atoms with Gasteiger partial charge in [0.25, 0.3) is 0 Å². The van der Waals surface area contributed by atoms with Gasteiger partial charge in [-0.25, -0.2) is 8.42 Å². The highest BCUT2D eigenvalue weighted by molar-refractivity contribution is 7.92. The van der Waals surface area contributed by atoms with Crippen LogP contribution in [-0.4, -0.2) is 19.6 Å². The Balaban J connectivity index is 1.68. The first-order chi connectivity index (χ1) is 11.9. The maximum absolute atomic E-state index is 12.2.